The molecule has 7 N–H and O–H groups in total. The van der Waals surface area contributed by atoms with E-state index in [1.807, 2.05) is 0 Å². The molecule has 6 aliphatic heterocycles. The number of ether oxygens (including phenoxy) is 4. The Labute approximate surface area is 366 Å². The summed E-state index contributed by atoms with van der Waals surface area (Å²) in [5, 5.41) is 25.3. The van der Waals surface area contributed by atoms with Crippen LogP contribution in [0.1, 0.15) is 181 Å². The highest BCUT2D eigenvalue weighted by molar-refractivity contribution is 5.87. The van der Waals surface area contributed by atoms with Gasteiger partial charge in [-0.2, -0.15) is 0 Å². The molecule has 348 valence electrons. The van der Waals surface area contributed by atoms with Gasteiger partial charge in [-0.15, -0.1) is 0 Å². The molecular formula is C47H82N6O8. The second kappa shape index (κ2) is 22.5. The Morgan fingerprint density at radius 1 is 0.951 bits per heavy atom. The first kappa shape index (κ1) is 48.1. The Hall–Kier alpha value is -2.33. The van der Waals surface area contributed by atoms with Crippen LogP contribution in [0.4, 0.5) is 0 Å². The maximum atomic E-state index is 14.4. The van der Waals surface area contributed by atoms with E-state index in [2.05, 4.69) is 43.1 Å². The van der Waals surface area contributed by atoms with Crippen molar-refractivity contribution in [1.29, 1.82) is 0 Å². The predicted octanol–water partition coefficient (Wildman–Crippen LogP) is 6.25. The quantitative estimate of drug-likeness (QED) is 0.0417. The number of rotatable bonds is 24. The van der Waals surface area contributed by atoms with Gasteiger partial charge in [0.1, 0.15) is 23.9 Å². The number of unbranched alkanes of at least 4 members (excludes halogenated alkanes) is 10. The lowest BCUT2D eigenvalue weighted by Crippen LogP contribution is -2.70. The zero-order valence-corrected chi connectivity index (χ0v) is 37.9. The van der Waals surface area contributed by atoms with Crippen LogP contribution in [0.5, 0.6) is 0 Å². The number of aliphatic imine (C=N–C) groups is 1. The third-order valence-electron chi connectivity index (χ3n) is 14.4. The van der Waals surface area contributed by atoms with Crippen LogP contribution < -0.4 is 16.8 Å². The van der Waals surface area contributed by atoms with Crippen molar-refractivity contribution in [3.8, 4) is 0 Å². The SMILES string of the molecule is CCC=C[C@@H]1CC[C@]2(C[C@H]3CC[C@H]4[C@@H](C(=O)O[C@H](CC)CCCCCCCCCCCCC[C@@H]5O[C@](O)(CCN)[C@H](O)N(CCCN)C5=O)[C@@]5(CCC[C@H](C)O5)N=C(N2)N34)O1. The molecule has 0 aromatic rings. The number of esters is 1. The molecule has 0 bridgehead atoms. The molecule has 0 aromatic heterocycles. The van der Waals surface area contributed by atoms with E-state index >= 15 is 0 Å². The van der Waals surface area contributed by atoms with Crippen molar-refractivity contribution in [3.05, 3.63) is 12.2 Å². The predicted molar refractivity (Wildman–Crippen MR) is 236 cm³/mol. The molecule has 5 fully saturated rings. The highest BCUT2D eigenvalue weighted by Crippen LogP contribution is 2.51. The molecule has 14 nitrogen and oxygen atoms in total. The van der Waals surface area contributed by atoms with Crippen molar-refractivity contribution in [1.82, 2.24) is 15.1 Å². The molecule has 0 aromatic carbocycles. The molecule has 0 saturated carbocycles. The third kappa shape index (κ3) is 11.7. The van der Waals surface area contributed by atoms with Crippen LogP contribution in [-0.4, -0.2) is 117 Å². The van der Waals surface area contributed by atoms with Gasteiger partial charge in [-0.1, -0.05) is 90.2 Å². The van der Waals surface area contributed by atoms with Gasteiger partial charge in [0.25, 0.3) is 5.91 Å². The van der Waals surface area contributed by atoms with Crippen LogP contribution in [-0.2, 0) is 28.5 Å². The molecule has 6 heterocycles. The van der Waals surface area contributed by atoms with Crippen LogP contribution in [0.3, 0.4) is 0 Å². The fourth-order valence-electron chi connectivity index (χ4n) is 11.2. The number of morpholine rings is 1. The van der Waals surface area contributed by atoms with Gasteiger partial charge in [-0.3, -0.25) is 9.59 Å². The maximum absolute atomic E-state index is 14.4. The Morgan fingerprint density at radius 2 is 1.67 bits per heavy atom. The number of guanidine groups is 1. The summed E-state index contributed by atoms with van der Waals surface area (Å²) < 4.78 is 25.7. The molecule has 61 heavy (non-hydrogen) atoms. The van der Waals surface area contributed by atoms with Gasteiger partial charge >= 0.3 is 5.97 Å². The summed E-state index contributed by atoms with van der Waals surface area (Å²) in [7, 11) is 0. The van der Waals surface area contributed by atoms with E-state index in [0.29, 0.717) is 19.4 Å². The lowest BCUT2D eigenvalue weighted by atomic mass is 9.80. The van der Waals surface area contributed by atoms with Gasteiger partial charge in [0, 0.05) is 25.4 Å². The zero-order valence-electron chi connectivity index (χ0n) is 37.9. The number of hydrogen-bond acceptors (Lipinski definition) is 13. The molecule has 14 heteroatoms. The fraction of sp³-hybridized carbons (Fsp3) is 0.894. The van der Waals surface area contributed by atoms with Gasteiger partial charge < -0.3 is 55.7 Å². The van der Waals surface area contributed by atoms with Gasteiger partial charge in [0.05, 0.1) is 18.2 Å². The highest BCUT2D eigenvalue weighted by Gasteiger charge is 2.62. The van der Waals surface area contributed by atoms with E-state index in [-0.39, 0.29) is 61.8 Å². The minimum atomic E-state index is -1.85. The number of nitrogens with two attached hydrogens (primary N) is 2. The van der Waals surface area contributed by atoms with Crippen LogP contribution >= 0.6 is 0 Å². The van der Waals surface area contributed by atoms with Crippen LogP contribution in [0.2, 0.25) is 0 Å². The summed E-state index contributed by atoms with van der Waals surface area (Å²) in [6.45, 7) is 7.20. The van der Waals surface area contributed by atoms with E-state index in [9.17, 15) is 19.8 Å². The summed E-state index contributed by atoms with van der Waals surface area (Å²) in [6, 6.07) is 0.299. The maximum Gasteiger partial charge on any atom is 0.316 e. The lowest BCUT2D eigenvalue weighted by molar-refractivity contribution is -0.325. The summed E-state index contributed by atoms with van der Waals surface area (Å²) in [4.78, 5) is 36.5. The van der Waals surface area contributed by atoms with Crippen LogP contribution in [0.15, 0.2) is 17.1 Å². The van der Waals surface area contributed by atoms with Crippen molar-refractivity contribution >= 4 is 17.8 Å². The van der Waals surface area contributed by atoms with Crippen molar-refractivity contribution in [2.45, 2.75) is 241 Å². The van der Waals surface area contributed by atoms with Crippen molar-refractivity contribution in [3.63, 3.8) is 0 Å². The van der Waals surface area contributed by atoms with Crippen molar-refractivity contribution in [2.24, 2.45) is 22.4 Å². The van der Waals surface area contributed by atoms with Crippen molar-refractivity contribution < 1.29 is 38.7 Å². The number of nitrogens with one attached hydrogen (secondary N) is 1. The number of allylic oxidation sites excluding steroid dienone is 1. The molecule has 5 saturated heterocycles. The zero-order chi connectivity index (χ0) is 43.5. The average molecular weight is 859 g/mol. The minimum absolute atomic E-state index is 0.00939. The molecule has 2 spiro atoms. The van der Waals surface area contributed by atoms with E-state index < -0.39 is 35.5 Å². The first-order chi connectivity index (χ1) is 29.5. The Bertz CT molecular complexity index is 1470. The Kier molecular flexibility index (Phi) is 17.8. The third-order valence-corrected chi connectivity index (χ3v) is 14.4. The van der Waals surface area contributed by atoms with Gasteiger partial charge in [0.2, 0.25) is 5.79 Å². The standard InChI is InChI=1S/C47H82N6O8/c1-4-6-21-37-26-28-45(60-37)33-35-24-25-38-40(46(27-18-20-34(3)59-46)51-44(50-45)53(35)38)42(55)58-36(5-2)22-16-14-12-10-8-7-9-11-13-15-17-23-39-41(54)52(32-19-30-48)43(56)47(57,61-39)29-31-49/h6,21,34-40,43,56-57H,4-5,7-20,22-33,48-49H2,1-3H3,(H,50,51)/t34-,35+,36+,37+,38-,39-,40-,43-,45+,46-,47+/m0/s1. The average Bonchev–Trinajstić information content (AvgIpc) is 3.83. The van der Waals surface area contributed by atoms with E-state index in [1.165, 1.54) is 37.0 Å². The molecule has 0 aliphatic carbocycles. The van der Waals surface area contributed by atoms with E-state index in [0.717, 1.165) is 115 Å². The number of nitrogens with zero attached hydrogens (tertiary/aromatic N) is 3. The second-order valence-corrected chi connectivity index (χ2v) is 19.1. The highest BCUT2D eigenvalue weighted by atomic mass is 16.7. The smallest absolute Gasteiger partial charge is 0.316 e. The summed E-state index contributed by atoms with van der Waals surface area (Å²) in [5.41, 5.74) is 9.97. The lowest BCUT2D eigenvalue weighted by Gasteiger charge is -2.54. The summed E-state index contributed by atoms with van der Waals surface area (Å²) in [6.07, 6.45) is 25.8. The fourth-order valence-corrected chi connectivity index (χ4v) is 11.2. The molecule has 0 unspecified atom stereocenters. The number of amides is 1. The monoisotopic (exact) mass is 859 g/mol. The normalized spacial score (nSPS) is 35.2. The van der Waals surface area contributed by atoms with Gasteiger partial charge in [-0.05, 0) is 103 Å². The van der Waals surface area contributed by atoms with Crippen LogP contribution in [0, 0.1) is 5.92 Å². The Balaban J connectivity index is 0.884. The Morgan fingerprint density at radius 3 is 2.34 bits per heavy atom. The number of hydrogen-bond donors (Lipinski definition) is 5. The van der Waals surface area contributed by atoms with Crippen molar-refractivity contribution in [2.75, 3.05) is 19.6 Å². The molecule has 11 atom stereocenters. The first-order valence-corrected chi connectivity index (χ1v) is 24.7. The minimum Gasteiger partial charge on any atom is -0.462 e. The topological polar surface area (TPSA) is 194 Å². The number of carbonyl (C=O) groups is 2. The number of aliphatic hydroxyl groups excluding tert-OH is 1. The van der Waals surface area contributed by atoms with Gasteiger partial charge in [-0.25, -0.2) is 4.99 Å². The molecular weight excluding hydrogens is 777 g/mol. The summed E-state index contributed by atoms with van der Waals surface area (Å²) >= 11 is 0. The molecule has 6 aliphatic rings. The molecule has 6 rings (SSSR count). The summed E-state index contributed by atoms with van der Waals surface area (Å²) in [5.74, 6) is -1.86. The molecule has 1 amide bonds. The number of carbonyl (C=O) groups excluding carboxylic acids is 2. The first-order valence-electron chi connectivity index (χ1n) is 24.7. The largest absolute Gasteiger partial charge is 0.462 e. The second-order valence-electron chi connectivity index (χ2n) is 19.1. The molecule has 0 radical (unpaired) electrons. The van der Waals surface area contributed by atoms with Crippen LogP contribution in [0.25, 0.3) is 0 Å². The number of aliphatic hydroxyl groups is 2. The van der Waals surface area contributed by atoms with E-state index in [4.69, 9.17) is 35.4 Å². The van der Waals surface area contributed by atoms with Gasteiger partial charge in [0.15, 0.2) is 17.9 Å². The van der Waals surface area contributed by atoms with E-state index in [1.54, 1.807) is 0 Å².